The molecule has 6 heteroatoms. The largest absolute Gasteiger partial charge is 0.288 e. The van der Waals surface area contributed by atoms with E-state index in [2.05, 4.69) is 26.1 Å². The summed E-state index contributed by atoms with van der Waals surface area (Å²) < 4.78 is 4.25. The molecule has 2 aromatic heterocycles. The van der Waals surface area contributed by atoms with Gasteiger partial charge in [-0.2, -0.15) is 10.2 Å². The Morgan fingerprint density at radius 2 is 2.15 bits per heavy atom. The number of nitrogens with zero attached hydrogens (tertiary/aromatic N) is 4. The number of halogens is 1. The highest BCUT2D eigenvalue weighted by molar-refractivity contribution is 9.10. The van der Waals surface area contributed by atoms with Crippen LogP contribution in [0, 0.1) is 6.92 Å². The first-order chi connectivity index (χ1) is 9.56. The van der Waals surface area contributed by atoms with Gasteiger partial charge in [-0.05, 0) is 48.9 Å². The van der Waals surface area contributed by atoms with Gasteiger partial charge < -0.3 is 0 Å². The van der Waals surface area contributed by atoms with Gasteiger partial charge in [0.25, 0.3) is 0 Å². The van der Waals surface area contributed by atoms with E-state index < -0.39 is 0 Å². The monoisotopic (exact) mass is 336 g/mol. The number of rotatable bonds is 5. The van der Waals surface area contributed by atoms with Crippen LogP contribution in [0.4, 0.5) is 0 Å². The van der Waals surface area contributed by atoms with Crippen molar-refractivity contribution in [1.29, 1.82) is 0 Å². The number of aryl methyl sites for hydroxylation is 3. The van der Waals surface area contributed by atoms with E-state index in [1.54, 1.807) is 23.0 Å². The molecular weight excluding hydrogens is 320 g/mol. The minimum Gasteiger partial charge on any atom is -0.288 e. The van der Waals surface area contributed by atoms with Crippen molar-refractivity contribution < 1.29 is 4.79 Å². The van der Waals surface area contributed by atoms with Gasteiger partial charge in [0.2, 0.25) is 5.78 Å². The maximum Gasteiger partial charge on any atom is 0.205 e. The highest BCUT2D eigenvalue weighted by Gasteiger charge is 2.14. The number of carbonyl (C=O) groups excluding carboxylic acids is 1. The zero-order valence-electron chi connectivity index (χ0n) is 11.8. The number of hydrogen-bond acceptors (Lipinski definition) is 3. The SMILES string of the molecule is CCn1cc(/C=C/C(=O)c2c(Br)cnn2CC)c(C)n1. The molecular formula is C14H17BrN4O. The average Bonchev–Trinajstić information content (AvgIpc) is 2.99. The Labute approximate surface area is 126 Å². The molecule has 0 radical (unpaired) electrons. The highest BCUT2D eigenvalue weighted by Crippen LogP contribution is 2.18. The second-order valence-corrected chi connectivity index (χ2v) is 5.23. The molecule has 0 atom stereocenters. The molecule has 0 aliphatic carbocycles. The van der Waals surface area contributed by atoms with Gasteiger partial charge in [0, 0.05) is 24.8 Å². The summed E-state index contributed by atoms with van der Waals surface area (Å²) in [6.45, 7) is 7.39. The summed E-state index contributed by atoms with van der Waals surface area (Å²) >= 11 is 3.36. The second kappa shape index (κ2) is 6.17. The van der Waals surface area contributed by atoms with Gasteiger partial charge in [-0.3, -0.25) is 14.2 Å². The second-order valence-electron chi connectivity index (χ2n) is 4.38. The molecule has 0 aliphatic rings. The minimum atomic E-state index is -0.0696. The lowest BCUT2D eigenvalue weighted by Crippen LogP contribution is -2.07. The van der Waals surface area contributed by atoms with Crippen molar-refractivity contribution in [3.63, 3.8) is 0 Å². The molecule has 0 bridgehead atoms. The summed E-state index contributed by atoms with van der Waals surface area (Å²) in [5.74, 6) is -0.0696. The Hall–Kier alpha value is -1.69. The molecule has 0 N–H and O–H groups in total. The molecule has 0 saturated heterocycles. The predicted molar refractivity (Wildman–Crippen MR) is 81.6 cm³/mol. The van der Waals surface area contributed by atoms with Crippen molar-refractivity contribution in [2.75, 3.05) is 0 Å². The van der Waals surface area contributed by atoms with Crippen molar-refractivity contribution in [2.24, 2.45) is 0 Å². The van der Waals surface area contributed by atoms with E-state index in [1.165, 1.54) is 0 Å². The van der Waals surface area contributed by atoms with Crippen LogP contribution in [-0.4, -0.2) is 25.3 Å². The summed E-state index contributed by atoms with van der Waals surface area (Å²) in [6, 6.07) is 0. The van der Waals surface area contributed by atoms with E-state index in [0.717, 1.165) is 22.3 Å². The fraction of sp³-hybridized carbons (Fsp3) is 0.357. The van der Waals surface area contributed by atoms with Crippen LogP contribution in [0.25, 0.3) is 6.08 Å². The Morgan fingerprint density at radius 1 is 1.40 bits per heavy atom. The molecule has 2 heterocycles. The molecule has 20 heavy (non-hydrogen) atoms. The van der Waals surface area contributed by atoms with Crippen LogP contribution in [0.1, 0.15) is 35.6 Å². The van der Waals surface area contributed by atoms with Gasteiger partial charge in [-0.15, -0.1) is 0 Å². The molecule has 0 unspecified atom stereocenters. The maximum atomic E-state index is 12.3. The minimum absolute atomic E-state index is 0.0696. The summed E-state index contributed by atoms with van der Waals surface area (Å²) in [5, 5.41) is 8.49. The van der Waals surface area contributed by atoms with E-state index >= 15 is 0 Å². The molecule has 2 rings (SSSR count). The van der Waals surface area contributed by atoms with E-state index in [4.69, 9.17) is 0 Å². The predicted octanol–water partition coefficient (Wildman–Crippen LogP) is 3.09. The lowest BCUT2D eigenvalue weighted by Gasteiger charge is -2.01. The van der Waals surface area contributed by atoms with Crippen LogP contribution in [0.15, 0.2) is 22.9 Å². The molecule has 0 fully saturated rings. The van der Waals surface area contributed by atoms with Crippen LogP contribution >= 0.6 is 15.9 Å². The Kier molecular flexibility index (Phi) is 4.54. The first-order valence-electron chi connectivity index (χ1n) is 6.54. The topological polar surface area (TPSA) is 52.7 Å². The Balaban J connectivity index is 2.24. The van der Waals surface area contributed by atoms with Crippen molar-refractivity contribution in [3.05, 3.63) is 39.9 Å². The summed E-state index contributed by atoms with van der Waals surface area (Å²) in [5.41, 5.74) is 2.45. The molecule has 0 spiro atoms. The molecule has 0 amide bonds. The molecule has 0 saturated carbocycles. The van der Waals surface area contributed by atoms with E-state index in [-0.39, 0.29) is 5.78 Å². The van der Waals surface area contributed by atoms with Crippen LogP contribution in [0.3, 0.4) is 0 Å². The summed E-state index contributed by atoms with van der Waals surface area (Å²) in [7, 11) is 0. The highest BCUT2D eigenvalue weighted by atomic mass is 79.9. The van der Waals surface area contributed by atoms with Crippen LogP contribution in [-0.2, 0) is 13.1 Å². The van der Waals surface area contributed by atoms with E-state index in [0.29, 0.717) is 12.2 Å². The van der Waals surface area contributed by atoms with Crippen molar-refractivity contribution in [3.8, 4) is 0 Å². The van der Waals surface area contributed by atoms with Crippen molar-refractivity contribution in [1.82, 2.24) is 19.6 Å². The number of carbonyl (C=O) groups is 1. The number of allylic oxidation sites excluding steroid dienone is 1. The number of aromatic nitrogens is 4. The van der Waals surface area contributed by atoms with E-state index in [1.807, 2.05) is 31.6 Å². The molecule has 0 aliphatic heterocycles. The quantitative estimate of drug-likeness (QED) is 0.622. The van der Waals surface area contributed by atoms with E-state index in [9.17, 15) is 4.79 Å². The molecule has 106 valence electrons. The smallest absolute Gasteiger partial charge is 0.205 e. The first kappa shape index (κ1) is 14.7. The van der Waals surface area contributed by atoms with Gasteiger partial charge in [0.15, 0.2) is 0 Å². The Bertz CT molecular complexity index is 654. The third kappa shape index (κ3) is 2.90. The van der Waals surface area contributed by atoms with Gasteiger partial charge in [-0.25, -0.2) is 0 Å². The third-order valence-corrected chi connectivity index (χ3v) is 3.63. The standard InChI is InChI=1S/C14H17BrN4O/c1-4-18-9-11(10(3)17-18)6-7-13(20)14-12(15)8-16-19(14)5-2/h6-9H,4-5H2,1-3H3/b7-6+. The average molecular weight is 337 g/mol. The first-order valence-corrected chi connectivity index (χ1v) is 7.33. The number of ketones is 1. The zero-order chi connectivity index (χ0) is 14.7. The fourth-order valence-corrected chi connectivity index (χ4v) is 2.44. The van der Waals surface area contributed by atoms with Crippen molar-refractivity contribution >= 4 is 27.8 Å². The van der Waals surface area contributed by atoms with Crippen LogP contribution in [0.5, 0.6) is 0 Å². The Morgan fingerprint density at radius 3 is 2.75 bits per heavy atom. The van der Waals surface area contributed by atoms with Gasteiger partial charge in [0.05, 0.1) is 16.4 Å². The van der Waals surface area contributed by atoms with Crippen LogP contribution in [0.2, 0.25) is 0 Å². The molecule has 0 aromatic carbocycles. The maximum absolute atomic E-state index is 12.3. The third-order valence-electron chi connectivity index (χ3n) is 3.05. The normalized spacial score (nSPS) is 11.4. The lowest BCUT2D eigenvalue weighted by molar-refractivity contribution is 0.103. The molecule has 2 aromatic rings. The van der Waals surface area contributed by atoms with Gasteiger partial charge in [-0.1, -0.05) is 0 Å². The lowest BCUT2D eigenvalue weighted by atomic mass is 10.2. The van der Waals surface area contributed by atoms with Crippen LogP contribution < -0.4 is 0 Å². The van der Waals surface area contributed by atoms with Gasteiger partial charge >= 0.3 is 0 Å². The van der Waals surface area contributed by atoms with Gasteiger partial charge in [0.1, 0.15) is 5.69 Å². The zero-order valence-corrected chi connectivity index (χ0v) is 13.4. The van der Waals surface area contributed by atoms with Crippen molar-refractivity contribution in [2.45, 2.75) is 33.9 Å². The fourth-order valence-electron chi connectivity index (χ4n) is 1.95. The summed E-state index contributed by atoms with van der Waals surface area (Å²) in [4.78, 5) is 12.3. The molecule has 5 nitrogen and oxygen atoms in total. The number of hydrogen-bond donors (Lipinski definition) is 0. The summed E-state index contributed by atoms with van der Waals surface area (Å²) in [6.07, 6.45) is 6.95.